The van der Waals surface area contributed by atoms with Gasteiger partial charge in [-0.3, -0.25) is 4.68 Å². The molecule has 2 aromatic heterocycles. The molecule has 0 bridgehead atoms. The van der Waals surface area contributed by atoms with Crippen LogP contribution in [0.4, 0.5) is 0 Å². The minimum Gasteiger partial charge on any atom is -0.271 e. The molecular weight excluding hydrogens is 294 g/mol. The predicted molar refractivity (Wildman–Crippen MR) is 70.7 cm³/mol. The maximum absolute atomic E-state index is 11.3. The standard InChI is InChI=1S/C10H12ClN3O2S2/c1-18(15,16)9-5-12-14(6-9)3-2-10-13-8(4-11)7-17-10/h5-7H,2-4H2,1H3. The van der Waals surface area contributed by atoms with Gasteiger partial charge < -0.3 is 0 Å². The highest BCUT2D eigenvalue weighted by Gasteiger charge is 2.10. The van der Waals surface area contributed by atoms with Gasteiger partial charge in [0.15, 0.2) is 9.84 Å². The summed E-state index contributed by atoms with van der Waals surface area (Å²) in [7, 11) is -3.18. The monoisotopic (exact) mass is 305 g/mol. The molecule has 0 fully saturated rings. The Kier molecular flexibility index (Phi) is 4.04. The van der Waals surface area contributed by atoms with Crippen LogP contribution in [0.1, 0.15) is 10.7 Å². The summed E-state index contributed by atoms with van der Waals surface area (Å²) >= 11 is 7.22. The summed E-state index contributed by atoms with van der Waals surface area (Å²) in [6, 6.07) is 0. The lowest BCUT2D eigenvalue weighted by atomic mass is 10.4. The minimum absolute atomic E-state index is 0.239. The number of sulfone groups is 1. The van der Waals surface area contributed by atoms with E-state index in [1.165, 1.54) is 18.6 Å². The Morgan fingerprint density at radius 3 is 2.83 bits per heavy atom. The third-order valence-corrected chi connectivity index (χ3v) is 4.63. The highest BCUT2D eigenvalue weighted by Crippen LogP contribution is 2.13. The summed E-state index contributed by atoms with van der Waals surface area (Å²) in [6.45, 7) is 0.602. The molecule has 8 heteroatoms. The number of alkyl halides is 1. The number of halogens is 1. The molecule has 2 aromatic rings. The van der Waals surface area contributed by atoms with Gasteiger partial charge in [0, 0.05) is 30.8 Å². The normalized spacial score (nSPS) is 11.9. The van der Waals surface area contributed by atoms with E-state index in [2.05, 4.69) is 10.1 Å². The first-order valence-corrected chi connectivity index (χ1v) is 8.51. The second-order valence-corrected chi connectivity index (χ2v) is 7.05. The molecule has 98 valence electrons. The van der Waals surface area contributed by atoms with Crippen molar-refractivity contribution in [3.8, 4) is 0 Å². The molecule has 0 aromatic carbocycles. The topological polar surface area (TPSA) is 64.8 Å². The zero-order valence-corrected chi connectivity index (χ0v) is 12.1. The molecule has 2 heterocycles. The third-order valence-electron chi connectivity index (χ3n) is 2.33. The number of rotatable bonds is 5. The summed E-state index contributed by atoms with van der Waals surface area (Å²) in [4.78, 5) is 4.57. The molecule has 0 radical (unpaired) electrons. The zero-order valence-electron chi connectivity index (χ0n) is 9.71. The van der Waals surface area contributed by atoms with Crippen LogP contribution in [0.15, 0.2) is 22.7 Å². The van der Waals surface area contributed by atoms with Crippen LogP contribution >= 0.6 is 22.9 Å². The average Bonchev–Trinajstić information content (AvgIpc) is 2.94. The molecule has 0 N–H and O–H groups in total. The number of aromatic nitrogens is 3. The first-order chi connectivity index (χ1) is 8.49. The third kappa shape index (κ3) is 3.30. The van der Waals surface area contributed by atoms with Crippen molar-refractivity contribution in [3.05, 3.63) is 28.5 Å². The molecule has 0 aliphatic rings. The van der Waals surface area contributed by atoms with Gasteiger partial charge in [-0.1, -0.05) is 0 Å². The van der Waals surface area contributed by atoms with Crippen LogP contribution in [0.2, 0.25) is 0 Å². The number of hydrogen-bond donors (Lipinski definition) is 0. The van der Waals surface area contributed by atoms with E-state index in [-0.39, 0.29) is 4.90 Å². The maximum Gasteiger partial charge on any atom is 0.178 e. The highest BCUT2D eigenvalue weighted by atomic mass is 35.5. The molecule has 0 amide bonds. The van der Waals surface area contributed by atoms with Gasteiger partial charge in [-0.05, 0) is 0 Å². The van der Waals surface area contributed by atoms with E-state index in [4.69, 9.17) is 11.6 Å². The molecular formula is C10H12ClN3O2S2. The lowest BCUT2D eigenvalue weighted by Crippen LogP contribution is -2.02. The highest BCUT2D eigenvalue weighted by molar-refractivity contribution is 7.90. The van der Waals surface area contributed by atoms with Crippen LogP contribution in [0.5, 0.6) is 0 Å². The van der Waals surface area contributed by atoms with Crippen LogP contribution in [-0.2, 0) is 28.7 Å². The van der Waals surface area contributed by atoms with Gasteiger partial charge >= 0.3 is 0 Å². The van der Waals surface area contributed by atoms with Crippen molar-refractivity contribution >= 4 is 32.8 Å². The fourth-order valence-electron chi connectivity index (χ4n) is 1.39. The molecule has 0 atom stereocenters. The van der Waals surface area contributed by atoms with Gasteiger partial charge in [0.2, 0.25) is 0 Å². The molecule has 2 rings (SSSR count). The molecule has 18 heavy (non-hydrogen) atoms. The largest absolute Gasteiger partial charge is 0.271 e. The Morgan fingerprint density at radius 2 is 2.28 bits per heavy atom. The lowest BCUT2D eigenvalue weighted by molar-refractivity contribution is 0.598. The summed E-state index contributed by atoms with van der Waals surface area (Å²) in [5, 5.41) is 6.91. The van der Waals surface area contributed by atoms with E-state index in [0.29, 0.717) is 18.8 Å². The number of nitrogens with zero attached hydrogens (tertiary/aromatic N) is 3. The molecule has 0 spiro atoms. The Hall–Kier alpha value is -0.920. The summed E-state index contributed by atoms with van der Waals surface area (Å²) < 4.78 is 24.2. The van der Waals surface area contributed by atoms with Crippen LogP contribution in [-0.4, -0.2) is 29.4 Å². The average molecular weight is 306 g/mol. The molecule has 0 aliphatic heterocycles. The van der Waals surface area contributed by atoms with Crippen molar-refractivity contribution in [3.63, 3.8) is 0 Å². The SMILES string of the molecule is CS(=O)(=O)c1cnn(CCc2nc(CCl)cs2)c1. The number of aryl methyl sites for hydroxylation is 2. The smallest absolute Gasteiger partial charge is 0.178 e. The number of hydrogen-bond acceptors (Lipinski definition) is 5. The van der Waals surface area contributed by atoms with Crippen molar-refractivity contribution in [2.45, 2.75) is 23.7 Å². The first kappa shape index (κ1) is 13.5. The number of thiazole rings is 1. The van der Waals surface area contributed by atoms with Gasteiger partial charge in [0.05, 0.1) is 22.8 Å². The Morgan fingerprint density at radius 1 is 1.50 bits per heavy atom. The van der Waals surface area contributed by atoms with Crippen molar-refractivity contribution < 1.29 is 8.42 Å². The molecule has 0 aliphatic carbocycles. The molecule has 0 saturated heterocycles. The minimum atomic E-state index is -3.18. The van der Waals surface area contributed by atoms with Gasteiger partial charge in [-0.2, -0.15) is 5.10 Å². The molecule has 0 unspecified atom stereocenters. The van der Waals surface area contributed by atoms with E-state index in [1.807, 2.05) is 5.38 Å². The van der Waals surface area contributed by atoms with E-state index in [0.717, 1.165) is 10.7 Å². The van der Waals surface area contributed by atoms with Crippen molar-refractivity contribution in [2.24, 2.45) is 0 Å². The second kappa shape index (κ2) is 5.38. The van der Waals surface area contributed by atoms with Gasteiger partial charge in [-0.15, -0.1) is 22.9 Å². The van der Waals surface area contributed by atoms with Crippen LogP contribution in [0.3, 0.4) is 0 Å². The van der Waals surface area contributed by atoms with Crippen LogP contribution in [0.25, 0.3) is 0 Å². The molecule has 0 saturated carbocycles. The Bertz CT molecular complexity index is 633. The van der Waals surface area contributed by atoms with E-state index >= 15 is 0 Å². The fraction of sp³-hybridized carbons (Fsp3) is 0.400. The van der Waals surface area contributed by atoms with E-state index in [1.54, 1.807) is 16.0 Å². The summed E-state index contributed by atoms with van der Waals surface area (Å²) in [6.07, 6.45) is 4.78. The Balaban J connectivity index is 2.00. The van der Waals surface area contributed by atoms with Gasteiger partial charge in [0.1, 0.15) is 4.90 Å². The Labute approximate surface area is 114 Å². The summed E-state index contributed by atoms with van der Waals surface area (Å²) in [5.41, 5.74) is 0.869. The van der Waals surface area contributed by atoms with Crippen molar-refractivity contribution in [2.75, 3.05) is 6.26 Å². The quantitative estimate of drug-likeness (QED) is 0.789. The van der Waals surface area contributed by atoms with Crippen molar-refractivity contribution in [1.82, 2.24) is 14.8 Å². The first-order valence-electron chi connectivity index (χ1n) is 5.21. The zero-order chi connectivity index (χ0) is 13.2. The van der Waals surface area contributed by atoms with E-state index in [9.17, 15) is 8.42 Å². The fourth-order valence-corrected chi connectivity index (χ4v) is 2.96. The van der Waals surface area contributed by atoms with Crippen LogP contribution < -0.4 is 0 Å². The summed E-state index contributed by atoms with van der Waals surface area (Å²) in [5.74, 6) is 0.413. The van der Waals surface area contributed by atoms with E-state index < -0.39 is 9.84 Å². The predicted octanol–water partition coefficient (Wildman–Crippen LogP) is 1.72. The molecule has 5 nitrogen and oxygen atoms in total. The second-order valence-electron chi connectivity index (χ2n) is 3.83. The van der Waals surface area contributed by atoms with Gasteiger partial charge in [-0.25, -0.2) is 13.4 Å². The van der Waals surface area contributed by atoms with Crippen molar-refractivity contribution in [1.29, 1.82) is 0 Å². The maximum atomic E-state index is 11.3. The van der Waals surface area contributed by atoms with Crippen LogP contribution in [0, 0.1) is 0 Å². The lowest BCUT2D eigenvalue weighted by Gasteiger charge is -1.98. The van der Waals surface area contributed by atoms with Gasteiger partial charge in [0.25, 0.3) is 0 Å².